The molecule has 0 aromatic heterocycles. The molecule has 1 aliphatic carbocycles. The highest BCUT2D eigenvalue weighted by Crippen LogP contribution is 2.30. The summed E-state index contributed by atoms with van der Waals surface area (Å²) in [5.41, 5.74) is 0.999. The van der Waals surface area contributed by atoms with Gasteiger partial charge in [-0.25, -0.2) is 4.39 Å². The molecule has 8 heteroatoms. The number of imide groups is 1. The van der Waals surface area contributed by atoms with Crippen LogP contribution in [0.1, 0.15) is 44.1 Å². The van der Waals surface area contributed by atoms with Crippen LogP contribution in [-0.2, 0) is 16.1 Å². The van der Waals surface area contributed by atoms with Gasteiger partial charge in [0.2, 0.25) is 11.8 Å². The second-order valence-electron chi connectivity index (χ2n) is 7.35. The van der Waals surface area contributed by atoms with Crippen molar-refractivity contribution in [3.63, 3.8) is 0 Å². The number of nitrogens with one attached hydrogen (secondary N) is 3. The first-order valence-electron chi connectivity index (χ1n) is 9.95. The third-order valence-electron chi connectivity index (χ3n) is 4.85. The van der Waals surface area contributed by atoms with Gasteiger partial charge in [-0.3, -0.25) is 19.6 Å². The second kappa shape index (κ2) is 10.8. The molecule has 1 atom stereocenters. The van der Waals surface area contributed by atoms with E-state index in [-0.39, 0.29) is 23.7 Å². The van der Waals surface area contributed by atoms with Gasteiger partial charge in [-0.2, -0.15) is 0 Å². The van der Waals surface area contributed by atoms with E-state index in [9.17, 15) is 14.0 Å². The van der Waals surface area contributed by atoms with Crippen LogP contribution in [0.25, 0.3) is 0 Å². The molecule has 2 fully saturated rings. The zero-order valence-corrected chi connectivity index (χ0v) is 16.8. The smallest absolute Gasteiger partial charge is 0.243 e. The predicted octanol–water partition coefficient (Wildman–Crippen LogP) is 2.53. The Morgan fingerprint density at radius 2 is 2.07 bits per heavy atom. The second-order valence-corrected chi connectivity index (χ2v) is 8.34. The number of amides is 2. The average Bonchev–Trinajstić information content (AvgIpc) is 3.50. The fraction of sp³-hybridized carbons (Fsp3) is 0.600. The van der Waals surface area contributed by atoms with Crippen molar-refractivity contribution in [2.45, 2.75) is 51.1 Å². The van der Waals surface area contributed by atoms with Crippen molar-refractivity contribution < 1.29 is 18.7 Å². The lowest BCUT2D eigenvalue weighted by atomic mass is 10.1. The van der Waals surface area contributed by atoms with E-state index in [1.807, 2.05) is 0 Å². The highest BCUT2D eigenvalue weighted by molar-refractivity contribution is 7.97. The first-order valence-corrected chi connectivity index (χ1v) is 10.9. The largest absolute Gasteiger partial charge is 0.490 e. The van der Waals surface area contributed by atoms with E-state index in [2.05, 4.69) is 15.4 Å². The summed E-state index contributed by atoms with van der Waals surface area (Å²) >= 11 is 1.64. The van der Waals surface area contributed by atoms with Crippen LogP contribution in [-0.4, -0.2) is 36.8 Å². The highest BCUT2D eigenvalue weighted by Gasteiger charge is 2.25. The Balaban J connectivity index is 1.23. The summed E-state index contributed by atoms with van der Waals surface area (Å²) in [5, 5.41) is 5.55. The molecule has 28 heavy (non-hydrogen) atoms. The van der Waals surface area contributed by atoms with Gasteiger partial charge in [0, 0.05) is 18.7 Å². The first-order chi connectivity index (χ1) is 13.6. The fourth-order valence-corrected chi connectivity index (χ4v) is 3.69. The van der Waals surface area contributed by atoms with Crippen LogP contribution in [0.15, 0.2) is 18.2 Å². The summed E-state index contributed by atoms with van der Waals surface area (Å²) in [7, 11) is 0. The van der Waals surface area contributed by atoms with Crippen LogP contribution in [0, 0.1) is 11.7 Å². The number of halogens is 1. The molecule has 1 unspecified atom stereocenters. The van der Waals surface area contributed by atoms with Gasteiger partial charge in [-0.05, 0) is 62.3 Å². The Morgan fingerprint density at radius 1 is 1.21 bits per heavy atom. The molecule has 1 heterocycles. The molecule has 1 aromatic carbocycles. The van der Waals surface area contributed by atoms with Crippen molar-refractivity contribution in [3.8, 4) is 5.75 Å². The monoisotopic (exact) mass is 409 g/mol. The number of hydrogen-bond acceptors (Lipinski definition) is 6. The van der Waals surface area contributed by atoms with Crippen LogP contribution in [0.3, 0.4) is 0 Å². The molecule has 1 aliphatic heterocycles. The molecule has 1 saturated heterocycles. The molecule has 2 amide bonds. The normalized spacial score (nSPS) is 19.5. The van der Waals surface area contributed by atoms with Gasteiger partial charge in [0.05, 0.1) is 12.6 Å². The zero-order chi connectivity index (χ0) is 19.8. The Morgan fingerprint density at radius 3 is 2.86 bits per heavy atom. The molecule has 1 saturated carbocycles. The lowest BCUT2D eigenvalue weighted by Crippen LogP contribution is -2.50. The van der Waals surface area contributed by atoms with E-state index in [1.165, 1.54) is 18.9 Å². The molecule has 0 radical (unpaired) electrons. The van der Waals surface area contributed by atoms with Crippen molar-refractivity contribution in [1.29, 1.82) is 0 Å². The Labute approximate surface area is 169 Å². The number of carbonyl (C=O) groups is 2. The van der Waals surface area contributed by atoms with Crippen LogP contribution >= 0.6 is 11.9 Å². The maximum Gasteiger partial charge on any atom is 0.243 e. The third-order valence-corrected chi connectivity index (χ3v) is 5.69. The van der Waals surface area contributed by atoms with Crippen LogP contribution < -0.4 is 20.1 Å². The van der Waals surface area contributed by atoms with E-state index in [1.54, 1.807) is 24.1 Å². The summed E-state index contributed by atoms with van der Waals surface area (Å²) < 4.78 is 22.6. The van der Waals surface area contributed by atoms with Crippen LogP contribution in [0.4, 0.5) is 4.39 Å². The Bertz CT molecular complexity index is 685. The molecular formula is C20H28FN3O3S. The summed E-state index contributed by atoms with van der Waals surface area (Å²) in [5.74, 6) is 1.18. The van der Waals surface area contributed by atoms with Crippen molar-refractivity contribution in [2.75, 3.05) is 18.9 Å². The highest BCUT2D eigenvalue weighted by atomic mass is 32.2. The van der Waals surface area contributed by atoms with Crippen molar-refractivity contribution in [3.05, 3.63) is 29.6 Å². The fourth-order valence-electron chi connectivity index (χ4n) is 2.93. The van der Waals surface area contributed by atoms with Gasteiger partial charge in [-0.15, -0.1) is 0 Å². The van der Waals surface area contributed by atoms with Gasteiger partial charge < -0.3 is 10.1 Å². The summed E-state index contributed by atoms with van der Waals surface area (Å²) in [6.07, 6.45) is 5.31. The molecule has 154 valence electrons. The van der Waals surface area contributed by atoms with Crippen molar-refractivity contribution in [1.82, 2.24) is 15.4 Å². The predicted molar refractivity (Wildman–Crippen MR) is 107 cm³/mol. The molecule has 3 N–H and O–H groups in total. The van der Waals surface area contributed by atoms with E-state index < -0.39 is 0 Å². The SMILES string of the molecule is O=C1CCC(NCCCCSNCc2ccc(F)c(OCC3CC3)c2)C(=O)N1. The lowest BCUT2D eigenvalue weighted by Gasteiger charge is -2.21. The van der Waals surface area contributed by atoms with E-state index in [0.29, 0.717) is 37.7 Å². The minimum Gasteiger partial charge on any atom is -0.490 e. The summed E-state index contributed by atoms with van der Waals surface area (Å²) in [6.45, 7) is 2.02. The topological polar surface area (TPSA) is 79.5 Å². The molecule has 0 bridgehead atoms. The van der Waals surface area contributed by atoms with E-state index >= 15 is 0 Å². The Kier molecular flexibility index (Phi) is 8.12. The van der Waals surface area contributed by atoms with Gasteiger partial charge in [0.25, 0.3) is 0 Å². The summed E-state index contributed by atoms with van der Waals surface area (Å²) in [4.78, 5) is 22.7. The number of carbonyl (C=O) groups excluding carboxylic acids is 2. The van der Waals surface area contributed by atoms with E-state index in [0.717, 1.165) is 30.7 Å². The van der Waals surface area contributed by atoms with Gasteiger partial charge in [0.1, 0.15) is 0 Å². The minimum atomic E-state index is -0.305. The van der Waals surface area contributed by atoms with Crippen LogP contribution in [0.2, 0.25) is 0 Å². The lowest BCUT2D eigenvalue weighted by molar-refractivity contribution is -0.134. The van der Waals surface area contributed by atoms with Gasteiger partial charge >= 0.3 is 0 Å². The van der Waals surface area contributed by atoms with Crippen LogP contribution in [0.5, 0.6) is 5.75 Å². The number of benzene rings is 1. The van der Waals surface area contributed by atoms with E-state index in [4.69, 9.17) is 4.74 Å². The van der Waals surface area contributed by atoms with Crippen molar-refractivity contribution >= 4 is 23.8 Å². The quantitative estimate of drug-likeness (QED) is 0.280. The Hall–Kier alpha value is -1.64. The minimum absolute atomic E-state index is 0.187. The standard InChI is InChI=1S/C20H28FN3O3S/c21-16-6-5-15(11-18(16)27-13-14-3-4-14)12-23-28-10-2-1-9-22-17-7-8-19(25)24-20(17)26/h5-6,11,14,17,22-23H,1-4,7-10,12-13H2,(H,24,25,26). The van der Waals surface area contributed by atoms with Gasteiger partial charge in [-0.1, -0.05) is 18.0 Å². The van der Waals surface area contributed by atoms with Gasteiger partial charge in [0.15, 0.2) is 11.6 Å². The zero-order valence-electron chi connectivity index (χ0n) is 16.0. The molecule has 2 aliphatic rings. The molecule has 0 spiro atoms. The summed E-state index contributed by atoms with van der Waals surface area (Å²) in [6, 6.07) is 4.76. The number of piperidine rings is 1. The first kappa shape index (κ1) is 21.1. The molecule has 1 aromatic rings. The number of unbranched alkanes of at least 4 members (excludes halogenated alkanes) is 1. The maximum atomic E-state index is 13.8. The molecule has 3 rings (SSSR count). The number of rotatable bonds is 12. The number of hydrogen-bond donors (Lipinski definition) is 3. The third kappa shape index (κ3) is 7.07. The maximum absolute atomic E-state index is 13.8. The average molecular weight is 410 g/mol. The molecular weight excluding hydrogens is 381 g/mol. The number of ether oxygens (including phenoxy) is 1. The van der Waals surface area contributed by atoms with Crippen molar-refractivity contribution in [2.24, 2.45) is 5.92 Å². The molecule has 6 nitrogen and oxygen atoms in total.